The lowest BCUT2D eigenvalue weighted by atomic mass is 9.99. The van der Waals surface area contributed by atoms with Crippen LogP contribution in [0, 0.1) is 5.92 Å². The van der Waals surface area contributed by atoms with Crippen molar-refractivity contribution < 1.29 is 24.2 Å². The molecule has 4 N–H and O–H groups in total. The normalized spacial score (nSPS) is 19.0. The fraction of sp³-hybridized carbons (Fsp3) is 0.625. The van der Waals surface area contributed by atoms with Crippen molar-refractivity contribution in [2.75, 3.05) is 32.1 Å². The number of hydrogen-bond acceptors (Lipinski definition) is 5. The van der Waals surface area contributed by atoms with E-state index in [1.165, 1.54) is 0 Å². The Bertz CT molecular complexity index is 875. The second kappa shape index (κ2) is 11.9. The first-order valence-corrected chi connectivity index (χ1v) is 11.7. The number of fused-ring (bicyclic) bond motifs is 1. The van der Waals surface area contributed by atoms with Gasteiger partial charge in [-0.1, -0.05) is 6.92 Å². The van der Waals surface area contributed by atoms with Crippen LogP contribution in [-0.2, 0) is 0 Å². The minimum absolute atomic E-state index is 0.00341. The second-order valence-electron chi connectivity index (χ2n) is 9.57. The van der Waals surface area contributed by atoms with Crippen LogP contribution in [0.15, 0.2) is 18.2 Å². The van der Waals surface area contributed by atoms with Crippen molar-refractivity contribution in [2.45, 2.75) is 65.8 Å². The summed E-state index contributed by atoms with van der Waals surface area (Å²) in [6.45, 7) is 11.7. The number of carbonyl (C=O) groups is 3. The van der Waals surface area contributed by atoms with Crippen LogP contribution >= 0.6 is 0 Å². The highest BCUT2D eigenvalue weighted by molar-refractivity contribution is 5.99. The second-order valence-corrected chi connectivity index (χ2v) is 9.57. The number of nitrogens with one attached hydrogen (secondary N) is 3. The van der Waals surface area contributed by atoms with Gasteiger partial charge in [0.15, 0.2) is 0 Å². The van der Waals surface area contributed by atoms with Gasteiger partial charge in [-0.2, -0.15) is 0 Å². The summed E-state index contributed by atoms with van der Waals surface area (Å²) in [6.07, 6.45) is -0.397. The summed E-state index contributed by atoms with van der Waals surface area (Å²) in [7, 11) is 1.70. The zero-order chi connectivity index (χ0) is 25.6. The van der Waals surface area contributed by atoms with E-state index >= 15 is 0 Å². The first kappa shape index (κ1) is 27.2. The van der Waals surface area contributed by atoms with Gasteiger partial charge in [-0.25, -0.2) is 9.59 Å². The maximum atomic E-state index is 13.4. The molecule has 0 saturated carbocycles. The van der Waals surface area contributed by atoms with Crippen molar-refractivity contribution in [1.29, 1.82) is 0 Å². The Kier molecular flexibility index (Phi) is 9.55. The SMILES string of the molecule is CC(C)NC(=O)Nc1ccc2c(c1)C(=O)N([C@H](C)CO)C[C@H](C)[C@@H](CN(C)C(=O)NC(C)C)O2. The Morgan fingerprint density at radius 1 is 1.18 bits per heavy atom. The van der Waals surface area contributed by atoms with Crippen molar-refractivity contribution in [3.8, 4) is 5.75 Å². The molecule has 2 rings (SSSR count). The van der Waals surface area contributed by atoms with Gasteiger partial charge in [-0.05, 0) is 52.8 Å². The third-order valence-electron chi connectivity index (χ3n) is 5.56. The van der Waals surface area contributed by atoms with Gasteiger partial charge in [0.1, 0.15) is 11.9 Å². The summed E-state index contributed by atoms with van der Waals surface area (Å²) in [5.41, 5.74) is 0.734. The Hall–Kier alpha value is -3.01. The first-order chi connectivity index (χ1) is 15.9. The van der Waals surface area contributed by atoms with Gasteiger partial charge >= 0.3 is 12.1 Å². The van der Waals surface area contributed by atoms with Crippen LogP contribution in [0.3, 0.4) is 0 Å². The first-order valence-electron chi connectivity index (χ1n) is 11.7. The molecular weight excluding hydrogens is 438 g/mol. The largest absolute Gasteiger partial charge is 0.487 e. The fourth-order valence-corrected chi connectivity index (χ4v) is 3.66. The van der Waals surface area contributed by atoms with Crippen LogP contribution in [0.2, 0.25) is 0 Å². The predicted molar refractivity (Wildman–Crippen MR) is 131 cm³/mol. The van der Waals surface area contributed by atoms with E-state index in [0.717, 1.165) is 0 Å². The van der Waals surface area contributed by atoms with Crippen molar-refractivity contribution >= 4 is 23.7 Å². The monoisotopic (exact) mass is 477 g/mol. The highest BCUT2D eigenvalue weighted by atomic mass is 16.5. The van der Waals surface area contributed by atoms with Crippen LogP contribution in [-0.4, -0.2) is 83.8 Å². The number of urea groups is 2. The molecule has 0 unspecified atom stereocenters. The number of ether oxygens (including phenoxy) is 1. The van der Waals surface area contributed by atoms with E-state index in [1.807, 2.05) is 34.6 Å². The average molecular weight is 478 g/mol. The maximum absolute atomic E-state index is 13.4. The minimum atomic E-state index is -0.413. The predicted octanol–water partition coefficient (Wildman–Crippen LogP) is 2.49. The molecule has 0 aliphatic carbocycles. The van der Waals surface area contributed by atoms with Gasteiger partial charge in [0.2, 0.25) is 0 Å². The van der Waals surface area contributed by atoms with E-state index in [2.05, 4.69) is 16.0 Å². The summed E-state index contributed by atoms with van der Waals surface area (Å²) >= 11 is 0. The molecule has 1 aliphatic rings. The van der Waals surface area contributed by atoms with E-state index in [0.29, 0.717) is 24.5 Å². The van der Waals surface area contributed by atoms with Gasteiger partial charge in [-0.3, -0.25) is 4.79 Å². The topological polar surface area (TPSA) is 123 Å². The lowest BCUT2D eigenvalue weighted by Crippen LogP contribution is -2.51. The molecule has 1 aromatic carbocycles. The molecule has 5 amide bonds. The Morgan fingerprint density at radius 2 is 1.82 bits per heavy atom. The summed E-state index contributed by atoms with van der Waals surface area (Å²) in [5, 5.41) is 18.1. The van der Waals surface area contributed by atoms with Crippen molar-refractivity contribution in [2.24, 2.45) is 5.92 Å². The third kappa shape index (κ3) is 7.24. The van der Waals surface area contributed by atoms with Crippen LogP contribution < -0.4 is 20.7 Å². The number of nitrogens with zero attached hydrogens (tertiary/aromatic N) is 2. The molecule has 190 valence electrons. The number of rotatable bonds is 7. The van der Waals surface area contributed by atoms with Gasteiger partial charge < -0.3 is 35.6 Å². The molecule has 1 aromatic rings. The molecule has 1 aliphatic heterocycles. The Morgan fingerprint density at radius 3 is 2.41 bits per heavy atom. The molecule has 10 nitrogen and oxygen atoms in total. The molecule has 1 heterocycles. The molecule has 0 bridgehead atoms. The molecule has 10 heteroatoms. The fourth-order valence-electron chi connectivity index (χ4n) is 3.66. The zero-order valence-corrected chi connectivity index (χ0v) is 21.2. The van der Waals surface area contributed by atoms with E-state index in [9.17, 15) is 19.5 Å². The van der Waals surface area contributed by atoms with Crippen LogP contribution in [0.1, 0.15) is 51.9 Å². The molecule has 3 atom stereocenters. The molecule has 0 aromatic heterocycles. The van der Waals surface area contributed by atoms with Gasteiger partial charge in [0, 0.05) is 37.3 Å². The van der Waals surface area contributed by atoms with E-state index in [4.69, 9.17) is 4.74 Å². The summed E-state index contributed by atoms with van der Waals surface area (Å²) < 4.78 is 6.27. The summed E-state index contributed by atoms with van der Waals surface area (Å²) in [4.78, 5) is 41.2. The zero-order valence-electron chi connectivity index (χ0n) is 21.2. The molecular formula is C24H39N5O5. The number of likely N-dealkylation sites (N-methyl/N-ethyl adjacent to an activating group) is 1. The number of aliphatic hydroxyl groups excluding tert-OH is 1. The highest BCUT2D eigenvalue weighted by Crippen LogP contribution is 2.30. The number of amides is 5. The third-order valence-corrected chi connectivity index (χ3v) is 5.56. The van der Waals surface area contributed by atoms with E-state index in [-0.39, 0.29) is 48.1 Å². The lowest BCUT2D eigenvalue weighted by molar-refractivity contribution is 0.0366. The van der Waals surface area contributed by atoms with Crippen LogP contribution in [0.4, 0.5) is 15.3 Å². The Balaban J connectivity index is 2.38. The molecule has 0 radical (unpaired) electrons. The summed E-state index contributed by atoms with van der Waals surface area (Å²) in [5.74, 6) is -0.0418. The standard InChI is InChI=1S/C24H39N5O5/c1-14(2)25-23(32)27-18-8-9-20-19(10-18)22(31)29(17(6)13-30)11-16(5)21(34-20)12-28(7)24(33)26-15(3)4/h8-10,14-17,21,30H,11-13H2,1-7H3,(H,26,33)(H2,25,27,32)/t16-,17+,21+/m0/s1. The van der Waals surface area contributed by atoms with E-state index in [1.54, 1.807) is 42.0 Å². The van der Waals surface area contributed by atoms with Gasteiger partial charge in [0.05, 0.1) is 24.8 Å². The maximum Gasteiger partial charge on any atom is 0.319 e. The number of aliphatic hydroxyl groups is 1. The lowest BCUT2D eigenvalue weighted by Gasteiger charge is -2.38. The Labute approximate surface area is 202 Å². The smallest absolute Gasteiger partial charge is 0.319 e. The number of anilines is 1. The quantitative estimate of drug-likeness (QED) is 0.480. The van der Waals surface area contributed by atoms with Crippen molar-refractivity contribution in [3.63, 3.8) is 0 Å². The van der Waals surface area contributed by atoms with Gasteiger partial charge in [-0.15, -0.1) is 0 Å². The number of benzene rings is 1. The average Bonchev–Trinajstić information content (AvgIpc) is 2.74. The van der Waals surface area contributed by atoms with Gasteiger partial charge in [0.25, 0.3) is 5.91 Å². The van der Waals surface area contributed by atoms with E-state index < -0.39 is 12.1 Å². The molecule has 0 spiro atoms. The number of carbonyl (C=O) groups excluding carboxylic acids is 3. The number of hydrogen-bond donors (Lipinski definition) is 4. The molecule has 0 fully saturated rings. The van der Waals surface area contributed by atoms with Crippen molar-refractivity contribution in [1.82, 2.24) is 20.4 Å². The molecule has 0 saturated heterocycles. The summed E-state index contributed by atoms with van der Waals surface area (Å²) in [6, 6.07) is 3.87. The van der Waals surface area contributed by atoms with Crippen LogP contribution in [0.5, 0.6) is 5.75 Å². The minimum Gasteiger partial charge on any atom is -0.487 e. The molecule has 34 heavy (non-hydrogen) atoms. The highest BCUT2D eigenvalue weighted by Gasteiger charge is 2.34. The van der Waals surface area contributed by atoms with Crippen LogP contribution in [0.25, 0.3) is 0 Å². The van der Waals surface area contributed by atoms with Crippen molar-refractivity contribution in [3.05, 3.63) is 23.8 Å².